The van der Waals surface area contributed by atoms with E-state index >= 15 is 0 Å². The second-order valence-corrected chi connectivity index (χ2v) is 5.95. The molecule has 2 fully saturated rings. The summed E-state index contributed by atoms with van der Waals surface area (Å²) in [6.07, 6.45) is 7.42. The van der Waals surface area contributed by atoms with E-state index in [4.69, 9.17) is 4.98 Å². The van der Waals surface area contributed by atoms with E-state index in [1.807, 2.05) is 7.05 Å². The molecule has 0 aliphatic carbocycles. The van der Waals surface area contributed by atoms with Gasteiger partial charge in [0.05, 0.1) is 0 Å². The topological polar surface area (TPSA) is 57.2 Å². The molecule has 3 heterocycles. The molecule has 6 nitrogen and oxygen atoms in total. The van der Waals surface area contributed by atoms with Gasteiger partial charge in [-0.25, -0.2) is 0 Å². The average molecular weight is 290 g/mol. The first kappa shape index (κ1) is 14.4. The van der Waals surface area contributed by atoms with E-state index in [1.165, 1.54) is 32.1 Å². The van der Waals surface area contributed by atoms with Crippen LogP contribution in [0.4, 0.5) is 17.8 Å². The molecule has 0 amide bonds. The number of nitrogens with zero attached hydrogens (tertiary/aromatic N) is 5. The number of hydrogen-bond acceptors (Lipinski definition) is 6. The molecule has 1 atom stereocenters. The summed E-state index contributed by atoms with van der Waals surface area (Å²) >= 11 is 0. The van der Waals surface area contributed by atoms with Gasteiger partial charge in [0.1, 0.15) is 0 Å². The van der Waals surface area contributed by atoms with Crippen molar-refractivity contribution in [2.75, 3.05) is 41.8 Å². The van der Waals surface area contributed by atoms with Crippen molar-refractivity contribution in [2.24, 2.45) is 0 Å². The van der Waals surface area contributed by atoms with Crippen LogP contribution in [0, 0.1) is 0 Å². The molecule has 1 aromatic rings. The van der Waals surface area contributed by atoms with Gasteiger partial charge in [0.2, 0.25) is 17.8 Å². The molecule has 0 radical (unpaired) electrons. The first-order chi connectivity index (χ1) is 10.3. The Morgan fingerprint density at radius 1 is 1.00 bits per heavy atom. The summed E-state index contributed by atoms with van der Waals surface area (Å²) in [5.74, 6) is 2.37. The summed E-state index contributed by atoms with van der Waals surface area (Å²) in [6, 6.07) is 0.575. The molecule has 0 bridgehead atoms. The Morgan fingerprint density at radius 2 is 1.76 bits per heavy atom. The minimum Gasteiger partial charge on any atom is -0.357 e. The lowest BCUT2D eigenvalue weighted by Crippen LogP contribution is -2.34. The Kier molecular flexibility index (Phi) is 4.41. The maximum Gasteiger partial charge on any atom is 0.232 e. The van der Waals surface area contributed by atoms with Gasteiger partial charge in [0, 0.05) is 32.7 Å². The Balaban J connectivity index is 1.89. The normalized spacial score (nSPS) is 22.7. The summed E-state index contributed by atoms with van der Waals surface area (Å²) < 4.78 is 0. The molecule has 1 unspecified atom stereocenters. The van der Waals surface area contributed by atoms with Gasteiger partial charge in [0.15, 0.2) is 0 Å². The quantitative estimate of drug-likeness (QED) is 0.918. The van der Waals surface area contributed by atoms with E-state index in [0.717, 1.165) is 38.0 Å². The molecule has 116 valence electrons. The van der Waals surface area contributed by atoms with Gasteiger partial charge >= 0.3 is 0 Å². The third-order valence-electron chi connectivity index (χ3n) is 4.58. The molecule has 21 heavy (non-hydrogen) atoms. The van der Waals surface area contributed by atoms with Gasteiger partial charge in [-0.3, -0.25) is 0 Å². The van der Waals surface area contributed by atoms with Crippen molar-refractivity contribution in [3.05, 3.63) is 0 Å². The fraction of sp³-hybridized carbons (Fsp3) is 0.800. The third-order valence-corrected chi connectivity index (χ3v) is 4.58. The standard InChI is InChI=1S/C15H26N6/c1-3-12-8-7-11-21(12)15-18-13(16-2)17-14(19-15)20-9-5-4-6-10-20/h12H,3-11H2,1-2H3,(H,16,17,18,19). The van der Waals surface area contributed by atoms with Gasteiger partial charge in [0.25, 0.3) is 0 Å². The minimum atomic E-state index is 0.575. The molecule has 3 rings (SSSR count). The van der Waals surface area contributed by atoms with E-state index < -0.39 is 0 Å². The van der Waals surface area contributed by atoms with Crippen LogP contribution < -0.4 is 15.1 Å². The van der Waals surface area contributed by atoms with Gasteiger partial charge in [-0.15, -0.1) is 0 Å². The van der Waals surface area contributed by atoms with Crippen LogP contribution in [0.5, 0.6) is 0 Å². The molecule has 6 heteroatoms. The highest BCUT2D eigenvalue weighted by atomic mass is 15.4. The van der Waals surface area contributed by atoms with Crippen LogP contribution in [0.3, 0.4) is 0 Å². The highest BCUT2D eigenvalue weighted by molar-refractivity contribution is 5.46. The van der Waals surface area contributed by atoms with Crippen LogP contribution >= 0.6 is 0 Å². The molecule has 2 aliphatic heterocycles. The molecule has 1 N–H and O–H groups in total. The van der Waals surface area contributed by atoms with E-state index in [2.05, 4.69) is 32.0 Å². The third kappa shape index (κ3) is 3.04. The van der Waals surface area contributed by atoms with Crippen LogP contribution in [0.15, 0.2) is 0 Å². The van der Waals surface area contributed by atoms with Gasteiger partial charge in [-0.05, 0) is 38.5 Å². The van der Waals surface area contributed by atoms with Crippen molar-refractivity contribution in [3.8, 4) is 0 Å². The summed E-state index contributed by atoms with van der Waals surface area (Å²) in [6.45, 7) is 5.42. The molecule has 0 aromatic carbocycles. The molecule has 2 aliphatic rings. The molecular formula is C15H26N6. The molecular weight excluding hydrogens is 264 g/mol. The van der Waals surface area contributed by atoms with E-state index in [-0.39, 0.29) is 0 Å². The largest absolute Gasteiger partial charge is 0.357 e. The predicted octanol–water partition coefficient (Wildman–Crippen LogP) is 2.28. The predicted molar refractivity (Wildman–Crippen MR) is 86.1 cm³/mol. The van der Waals surface area contributed by atoms with E-state index in [1.54, 1.807) is 0 Å². The number of nitrogens with one attached hydrogen (secondary N) is 1. The lowest BCUT2D eigenvalue weighted by atomic mass is 10.1. The van der Waals surface area contributed by atoms with Crippen molar-refractivity contribution >= 4 is 17.8 Å². The van der Waals surface area contributed by atoms with E-state index in [9.17, 15) is 0 Å². The summed E-state index contributed by atoms with van der Waals surface area (Å²) in [4.78, 5) is 18.6. The smallest absolute Gasteiger partial charge is 0.232 e. The number of piperidine rings is 1. The fourth-order valence-corrected chi connectivity index (χ4v) is 3.35. The fourth-order valence-electron chi connectivity index (χ4n) is 3.35. The Labute approximate surface area is 127 Å². The highest BCUT2D eigenvalue weighted by Gasteiger charge is 2.27. The average Bonchev–Trinajstić information content (AvgIpc) is 3.04. The summed E-state index contributed by atoms with van der Waals surface area (Å²) in [7, 11) is 1.88. The zero-order valence-electron chi connectivity index (χ0n) is 13.2. The number of hydrogen-bond donors (Lipinski definition) is 1. The zero-order valence-corrected chi connectivity index (χ0v) is 13.2. The molecule has 0 saturated carbocycles. The van der Waals surface area contributed by atoms with Crippen molar-refractivity contribution in [1.82, 2.24) is 15.0 Å². The van der Waals surface area contributed by atoms with Gasteiger partial charge in [-0.2, -0.15) is 15.0 Å². The van der Waals surface area contributed by atoms with Crippen molar-refractivity contribution in [2.45, 2.75) is 51.5 Å². The van der Waals surface area contributed by atoms with Crippen molar-refractivity contribution < 1.29 is 0 Å². The van der Waals surface area contributed by atoms with Crippen molar-refractivity contribution in [3.63, 3.8) is 0 Å². The lowest BCUT2D eigenvalue weighted by Gasteiger charge is -2.29. The van der Waals surface area contributed by atoms with Crippen LogP contribution in [0.25, 0.3) is 0 Å². The van der Waals surface area contributed by atoms with Gasteiger partial charge in [-0.1, -0.05) is 6.92 Å². The highest BCUT2D eigenvalue weighted by Crippen LogP contribution is 2.27. The molecule has 1 aromatic heterocycles. The number of rotatable bonds is 4. The van der Waals surface area contributed by atoms with Gasteiger partial charge < -0.3 is 15.1 Å². The molecule has 0 spiro atoms. The monoisotopic (exact) mass is 290 g/mol. The second-order valence-electron chi connectivity index (χ2n) is 5.95. The molecule has 2 saturated heterocycles. The summed E-state index contributed by atoms with van der Waals surface area (Å²) in [5, 5.41) is 3.09. The maximum atomic E-state index is 4.77. The minimum absolute atomic E-state index is 0.575. The van der Waals surface area contributed by atoms with Crippen molar-refractivity contribution in [1.29, 1.82) is 0 Å². The lowest BCUT2D eigenvalue weighted by molar-refractivity contribution is 0.566. The second kappa shape index (κ2) is 6.45. The Bertz CT molecular complexity index is 471. The Hall–Kier alpha value is -1.59. The summed E-state index contributed by atoms with van der Waals surface area (Å²) in [5.41, 5.74) is 0. The van der Waals surface area contributed by atoms with Crippen LogP contribution in [-0.2, 0) is 0 Å². The number of aromatic nitrogens is 3. The SMILES string of the molecule is CCC1CCCN1c1nc(NC)nc(N2CCCCC2)n1. The maximum absolute atomic E-state index is 4.77. The van der Waals surface area contributed by atoms with Crippen LogP contribution in [-0.4, -0.2) is 47.7 Å². The van der Waals surface area contributed by atoms with Crippen LogP contribution in [0.1, 0.15) is 45.4 Å². The first-order valence-electron chi connectivity index (χ1n) is 8.27. The Morgan fingerprint density at radius 3 is 2.48 bits per heavy atom. The zero-order chi connectivity index (χ0) is 14.7. The first-order valence-corrected chi connectivity index (χ1v) is 8.27. The number of anilines is 3. The van der Waals surface area contributed by atoms with E-state index in [0.29, 0.717) is 12.0 Å². The van der Waals surface area contributed by atoms with Crippen LogP contribution in [0.2, 0.25) is 0 Å².